The monoisotopic (exact) mass is 351 g/mol. The van der Waals surface area contributed by atoms with E-state index in [2.05, 4.69) is 0 Å². The summed E-state index contributed by atoms with van der Waals surface area (Å²) in [5, 5.41) is 0. The SMILES string of the molecule is CCCC[C@@H]1C(=O)C=C[C@H](OCC)N1S(=O)(=O)c1ccc(C)cc1. The summed E-state index contributed by atoms with van der Waals surface area (Å²) in [5.74, 6) is -0.185. The molecular formula is C18H25NO4S. The lowest BCUT2D eigenvalue weighted by Crippen LogP contribution is -2.53. The number of nitrogens with zero attached hydrogens (tertiary/aromatic N) is 1. The van der Waals surface area contributed by atoms with Gasteiger partial charge in [0.15, 0.2) is 5.78 Å². The van der Waals surface area contributed by atoms with E-state index >= 15 is 0 Å². The van der Waals surface area contributed by atoms with Gasteiger partial charge in [-0.2, -0.15) is 4.31 Å². The average molecular weight is 351 g/mol. The number of carbonyl (C=O) groups excluding carboxylic acids is 1. The summed E-state index contributed by atoms with van der Waals surface area (Å²) < 4.78 is 33.2. The van der Waals surface area contributed by atoms with Crippen molar-refractivity contribution in [1.29, 1.82) is 0 Å². The summed E-state index contributed by atoms with van der Waals surface area (Å²) in [4.78, 5) is 12.5. The lowest BCUT2D eigenvalue weighted by atomic mass is 10.0. The lowest BCUT2D eigenvalue weighted by molar-refractivity contribution is -0.122. The minimum atomic E-state index is -3.83. The van der Waals surface area contributed by atoms with Gasteiger partial charge >= 0.3 is 0 Å². The highest BCUT2D eigenvalue weighted by Crippen LogP contribution is 2.28. The van der Waals surface area contributed by atoms with E-state index in [1.165, 1.54) is 16.5 Å². The van der Waals surface area contributed by atoms with E-state index in [4.69, 9.17) is 4.74 Å². The molecule has 0 spiro atoms. The van der Waals surface area contributed by atoms with Crippen LogP contribution < -0.4 is 0 Å². The smallest absolute Gasteiger partial charge is 0.246 e. The van der Waals surface area contributed by atoms with Crippen LogP contribution in [-0.4, -0.2) is 37.4 Å². The lowest BCUT2D eigenvalue weighted by Gasteiger charge is -2.36. The van der Waals surface area contributed by atoms with Gasteiger partial charge in [0.2, 0.25) is 10.0 Å². The number of sulfonamides is 1. The highest BCUT2D eigenvalue weighted by molar-refractivity contribution is 7.89. The fourth-order valence-corrected chi connectivity index (χ4v) is 4.45. The van der Waals surface area contributed by atoms with Crippen LogP contribution in [-0.2, 0) is 19.6 Å². The molecule has 0 aliphatic carbocycles. The Bertz CT molecular complexity index is 694. The van der Waals surface area contributed by atoms with Crippen molar-refractivity contribution in [2.75, 3.05) is 6.61 Å². The predicted molar refractivity (Wildman–Crippen MR) is 93.1 cm³/mol. The van der Waals surface area contributed by atoms with Crippen molar-refractivity contribution in [1.82, 2.24) is 4.31 Å². The Balaban J connectivity index is 2.46. The van der Waals surface area contributed by atoms with Gasteiger partial charge in [0.05, 0.1) is 10.9 Å². The first-order chi connectivity index (χ1) is 11.4. The second kappa shape index (κ2) is 8.05. The number of aryl methyl sites for hydroxylation is 1. The van der Waals surface area contributed by atoms with Crippen LogP contribution in [0.2, 0.25) is 0 Å². The highest BCUT2D eigenvalue weighted by Gasteiger charge is 2.41. The number of carbonyl (C=O) groups is 1. The van der Waals surface area contributed by atoms with E-state index in [9.17, 15) is 13.2 Å². The van der Waals surface area contributed by atoms with Crippen LogP contribution in [0.4, 0.5) is 0 Å². The summed E-state index contributed by atoms with van der Waals surface area (Å²) >= 11 is 0. The van der Waals surface area contributed by atoms with Crippen molar-refractivity contribution in [3.63, 3.8) is 0 Å². The van der Waals surface area contributed by atoms with Crippen LogP contribution in [0.25, 0.3) is 0 Å². The second-order valence-corrected chi connectivity index (χ2v) is 7.76. The molecule has 0 fully saturated rings. The summed E-state index contributed by atoms with van der Waals surface area (Å²) in [6, 6.07) is 5.95. The molecule has 0 unspecified atom stereocenters. The summed E-state index contributed by atoms with van der Waals surface area (Å²) in [6.07, 6.45) is 4.39. The van der Waals surface area contributed by atoms with Crippen molar-refractivity contribution >= 4 is 15.8 Å². The molecule has 0 aromatic heterocycles. The van der Waals surface area contributed by atoms with Crippen molar-refractivity contribution in [2.45, 2.75) is 57.2 Å². The predicted octanol–water partition coefficient (Wildman–Crippen LogP) is 3.05. The fraction of sp³-hybridized carbons (Fsp3) is 0.500. The molecule has 24 heavy (non-hydrogen) atoms. The molecule has 0 amide bonds. The standard InChI is InChI=1S/C18H25NO4S/c1-4-6-7-16-17(20)12-13-18(23-5-2)19(16)24(21,22)15-10-8-14(3)9-11-15/h8-13,16,18H,4-7H2,1-3H3/t16-,18+/m1/s1. The fourth-order valence-electron chi connectivity index (χ4n) is 2.78. The number of hydrogen-bond donors (Lipinski definition) is 0. The average Bonchev–Trinajstić information content (AvgIpc) is 2.55. The van der Waals surface area contributed by atoms with Crippen LogP contribution in [0.15, 0.2) is 41.3 Å². The molecule has 1 aliphatic heterocycles. The summed E-state index contributed by atoms with van der Waals surface area (Å²) in [5.41, 5.74) is 0.979. The van der Waals surface area contributed by atoms with Crippen molar-refractivity contribution in [2.24, 2.45) is 0 Å². The number of benzene rings is 1. The third-order valence-electron chi connectivity index (χ3n) is 4.08. The molecule has 2 atom stereocenters. The van der Waals surface area contributed by atoms with Crippen LogP contribution in [0.3, 0.4) is 0 Å². The maximum absolute atomic E-state index is 13.2. The van der Waals surface area contributed by atoms with Crippen molar-refractivity contribution in [3.05, 3.63) is 42.0 Å². The van der Waals surface area contributed by atoms with Gasteiger partial charge in [0.25, 0.3) is 0 Å². The van der Waals surface area contributed by atoms with Crippen molar-refractivity contribution in [3.8, 4) is 0 Å². The molecule has 1 heterocycles. The number of rotatable bonds is 7. The maximum atomic E-state index is 13.2. The molecule has 1 aliphatic rings. The van der Waals surface area contributed by atoms with E-state index in [1.54, 1.807) is 24.3 Å². The first kappa shape index (κ1) is 18.8. The van der Waals surface area contributed by atoms with Crippen molar-refractivity contribution < 1.29 is 17.9 Å². The van der Waals surface area contributed by atoms with Crippen LogP contribution in [0.5, 0.6) is 0 Å². The topological polar surface area (TPSA) is 63.7 Å². The third kappa shape index (κ3) is 3.94. The molecule has 0 saturated heterocycles. The van der Waals surface area contributed by atoms with Crippen LogP contribution in [0, 0.1) is 6.92 Å². The Morgan fingerprint density at radius 2 is 1.83 bits per heavy atom. The number of ketones is 1. The zero-order chi connectivity index (χ0) is 17.7. The number of ether oxygens (including phenoxy) is 1. The van der Waals surface area contributed by atoms with E-state index in [0.717, 1.165) is 18.4 Å². The molecular weight excluding hydrogens is 326 g/mol. The minimum Gasteiger partial charge on any atom is -0.359 e. The number of hydrogen-bond acceptors (Lipinski definition) is 4. The van der Waals surface area contributed by atoms with E-state index < -0.39 is 22.3 Å². The maximum Gasteiger partial charge on any atom is 0.246 e. The Morgan fingerprint density at radius 3 is 2.42 bits per heavy atom. The normalized spacial score (nSPS) is 22.0. The Kier molecular flexibility index (Phi) is 6.32. The molecule has 5 nitrogen and oxygen atoms in total. The van der Waals surface area contributed by atoms with Gasteiger partial charge in [0, 0.05) is 6.61 Å². The second-order valence-electron chi connectivity index (χ2n) is 5.91. The molecule has 1 aromatic carbocycles. The minimum absolute atomic E-state index is 0.183. The van der Waals surface area contributed by atoms with Gasteiger partial charge in [-0.15, -0.1) is 0 Å². The van der Waals surface area contributed by atoms with Gasteiger partial charge < -0.3 is 4.74 Å². The molecule has 1 aromatic rings. The van der Waals surface area contributed by atoms with Gasteiger partial charge in [-0.25, -0.2) is 8.42 Å². The Hall–Kier alpha value is -1.50. The van der Waals surface area contributed by atoms with Crippen LogP contribution >= 0.6 is 0 Å². The zero-order valence-corrected chi connectivity index (χ0v) is 15.3. The molecule has 0 saturated carbocycles. The van der Waals surface area contributed by atoms with Crippen LogP contribution in [0.1, 0.15) is 38.7 Å². The Labute approximate surface area is 144 Å². The number of unbranched alkanes of at least 4 members (excludes halogenated alkanes) is 1. The largest absolute Gasteiger partial charge is 0.359 e. The third-order valence-corrected chi connectivity index (χ3v) is 5.96. The van der Waals surface area contributed by atoms with E-state index in [0.29, 0.717) is 13.0 Å². The molecule has 0 radical (unpaired) electrons. The molecule has 132 valence electrons. The highest BCUT2D eigenvalue weighted by atomic mass is 32.2. The van der Waals surface area contributed by atoms with E-state index in [-0.39, 0.29) is 10.7 Å². The van der Waals surface area contributed by atoms with Gasteiger partial charge in [-0.1, -0.05) is 37.5 Å². The van der Waals surface area contributed by atoms with E-state index in [1.807, 2.05) is 20.8 Å². The summed E-state index contributed by atoms with van der Waals surface area (Å²) in [7, 11) is -3.83. The molecule has 0 N–H and O–H groups in total. The molecule has 6 heteroatoms. The quantitative estimate of drug-likeness (QED) is 0.757. The molecule has 0 bridgehead atoms. The Morgan fingerprint density at radius 1 is 1.17 bits per heavy atom. The van der Waals surface area contributed by atoms with Gasteiger partial charge in [0.1, 0.15) is 6.23 Å². The summed E-state index contributed by atoms with van der Waals surface area (Å²) in [6.45, 7) is 6.09. The first-order valence-electron chi connectivity index (χ1n) is 8.35. The van der Waals surface area contributed by atoms with Gasteiger partial charge in [-0.3, -0.25) is 4.79 Å². The first-order valence-corrected chi connectivity index (χ1v) is 9.79. The van der Waals surface area contributed by atoms with Gasteiger partial charge in [-0.05, 0) is 44.6 Å². The molecule has 2 rings (SSSR count). The zero-order valence-electron chi connectivity index (χ0n) is 14.4.